The molecule has 0 aliphatic carbocycles. The maximum Gasteiger partial charge on any atom is 0.261 e. The van der Waals surface area contributed by atoms with Gasteiger partial charge in [0.15, 0.2) is 9.84 Å². The van der Waals surface area contributed by atoms with E-state index >= 15 is 0 Å². The van der Waals surface area contributed by atoms with Gasteiger partial charge in [0.2, 0.25) is 0 Å². The van der Waals surface area contributed by atoms with Gasteiger partial charge in [-0.2, -0.15) is 5.10 Å². The number of carbonyl (C=O) groups is 1. The third kappa shape index (κ3) is 3.13. The maximum absolute atomic E-state index is 12.6. The maximum atomic E-state index is 12.6. The van der Waals surface area contributed by atoms with Crippen molar-refractivity contribution in [3.05, 3.63) is 45.9 Å². The van der Waals surface area contributed by atoms with Crippen molar-refractivity contribution in [3.8, 4) is 5.69 Å². The van der Waals surface area contributed by atoms with Gasteiger partial charge in [0, 0.05) is 11.4 Å². The number of thiophene rings is 1. The molecule has 1 fully saturated rings. The second kappa shape index (κ2) is 6.37. The molecule has 1 aliphatic heterocycles. The summed E-state index contributed by atoms with van der Waals surface area (Å²) in [4.78, 5) is 13.9. The zero-order valence-electron chi connectivity index (χ0n) is 13.9. The smallest absolute Gasteiger partial charge is 0.261 e. The van der Waals surface area contributed by atoms with Crippen molar-refractivity contribution >= 4 is 48.9 Å². The lowest BCUT2D eigenvalue weighted by molar-refractivity contribution is 0.0945. The molecule has 0 bridgehead atoms. The van der Waals surface area contributed by atoms with Gasteiger partial charge in [0.25, 0.3) is 5.91 Å². The van der Waals surface area contributed by atoms with Gasteiger partial charge in [-0.1, -0.05) is 23.7 Å². The minimum Gasteiger partial charge on any atom is -0.348 e. The SMILES string of the molecule is Cc1nn(-c2ccccc2Cl)c2sc(C(=O)N[C@@H]3CCS(=O)(=O)C3)cc12. The molecule has 1 aliphatic rings. The summed E-state index contributed by atoms with van der Waals surface area (Å²) in [5.41, 5.74) is 1.56. The van der Waals surface area contributed by atoms with Crippen LogP contribution in [0.3, 0.4) is 0 Å². The number of fused-ring (bicyclic) bond motifs is 1. The fourth-order valence-corrected chi connectivity index (χ4v) is 6.08. The van der Waals surface area contributed by atoms with E-state index in [9.17, 15) is 13.2 Å². The van der Waals surface area contributed by atoms with Gasteiger partial charge in [-0.25, -0.2) is 13.1 Å². The van der Waals surface area contributed by atoms with Crippen molar-refractivity contribution in [2.75, 3.05) is 11.5 Å². The number of carbonyl (C=O) groups excluding carboxylic acids is 1. The molecular formula is C17H16ClN3O3S2. The Labute approximate surface area is 159 Å². The van der Waals surface area contributed by atoms with E-state index in [1.54, 1.807) is 16.8 Å². The van der Waals surface area contributed by atoms with Gasteiger partial charge >= 0.3 is 0 Å². The normalized spacial score (nSPS) is 19.1. The van der Waals surface area contributed by atoms with Crippen molar-refractivity contribution in [1.29, 1.82) is 0 Å². The van der Waals surface area contributed by atoms with Crippen molar-refractivity contribution < 1.29 is 13.2 Å². The minimum absolute atomic E-state index is 0.00998. The van der Waals surface area contributed by atoms with Crippen LogP contribution in [0.25, 0.3) is 15.9 Å². The average molecular weight is 410 g/mol. The van der Waals surface area contributed by atoms with Crippen LogP contribution in [-0.2, 0) is 9.84 Å². The highest BCUT2D eigenvalue weighted by Gasteiger charge is 2.29. The summed E-state index contributed by atoms with van der Waals surface area (Å²) in [6.07, 6.45) is 0.464. The fourth-order valence-electron chi connectivity index (χ4n) is 3.11. The van der Waals surface area contributed by atoms with E-state index in [-0.39, 0.29) is 23.5 Å². The molecule has 26 heavy (non-hydrogen) atoms. The number of para-hydroxylation sites is 1. The standard InChI is InChI=1S/C17H16ClN3O3S2/c1-10-12-8-15(16(22)19-11-6-7-26(23,24)9-11)25-17(12)21(20-10)14-5-3-2-4-13(14)18/h2-5,8,11H,6-7,9H2,1H3,(H,19,22)/t11-/m1/s1. The molecule has 2 aromatic heterocycles. The third-order valence-corrected chi connectivity index (χ3v) is 7.61. The van der Waals surface area contributed by atoms with E-state index in [1.807, 2.05) is 25.1 Å². The number of aromatic nitrogens is 2. The van der Waals surface area contributed by atoms with Crippen LogP contribution in [-0.4, -0.2) is 41.7 Å². The molecule has 1 saturated heterocycles. The lowest BCUT2D eigenvalue weighted by Crippen LogP contribution is -2.35. The molecule has 1 N–H and O–H groups in total. The molecule has 1 aromatic carbocycles. The van der Waals surface area contributed by atoms with Gasteiger partial charge < -0.3 is 5.32 Å². The molecule has 9 heteroatoms. The van der Waals surface area contributed by atoms with E-state index in [2.05, 4.69) is 10.4 Å². The number of rotatable bonds is 3. The molecule has 0 unspecified atom stereocenters. The summed E-state index contributed by atoms with van der Waals surface area (Å²) in [6, 6.07) is 8.88. The van der Waals surface area contributed by atoms with Crippen molar-refractivity contribution in [2.45, 2.75) is 19.4 Å². The Morgan fingerprint density at radius 2 is 2.15 bits per heavy atom. The molecule has 6 nitrogen and oxygen atoms in total. The Kier molecular flexibility index (Phi) is 4.29. The lowest BCUT2D eigenvalue weighted by atomic mass is 10.2. The van der Waals surface area contributed by atoms with Gasteiger partial charge in [-0.3, -0.25) is 4.79 Å². The monoisotopic (exact) mass is 409 g/mol. The lowest BCUT2D eigenvalue weighted by Gasteiger charge is -2.09. The van der Waals surface area contributed by atoms with Crippen molar-refractivity contribution in [3.63, 3.8) is 0 Å². The van der Waals surface area contributed by atoms with Gasteiger partial charge in [0.05, 0.1) is 32.8 Å². The number of sulfone groups is 1. The molecule has 3 aromatic rings. The Morgan fingerprint density at radius 1 is 1.38 bits per heavy atom. The van der Waals surface area contributed by atoms with Crippen molar-refractivity contribution in [1.82, 2.24) is 15.1 Å². The van der Waals surface area contributed by atoms with Crippen LogP contribution in [0.4, 0.5) is 0 Å². The third-order valence-electron chi connectivity index (χ3n) is 4.42. The second-order valence-electron chi connectivity index (χ2n) is 6.35. The first-order valence-corrected chi connectivity index (χ1v) is 11.1. The quantitative estimate of drug-likeness (QED) is 0.721. The first kappa shape index (κ1) is 17.5. The van der Waals surface area contributed by atoms with Crippen LogP contribution in [0.2, 0.25) is 5.02 Å². The Hall–Kier alpha value is -1.90. The molecule has 0 radical (unpaired) electrons. The van der Waals surface area contributed by atoms with Crippen LogP contribution in [0.1, 0.15) is 21.8 Å². The van der Waals surface area contributed by atoms with E-state index in [1.165, 1.54) is 11.3 Å². The first-order valence-electron chi connectivity index (χ1n) is 8.09. The second-order valence-corrected chi connectivity index (χ2v) is 10.0. The van der Waals surface area contributed by atoms with E-state index < -0.39 is 9.84 Å². The number of halogens is 1. The van der Waals surface area contributed by atoms with Gasteiger partial charge in [0.1, 0.15) is 4.83 Å². The molecule has 0 saturated carbocycles. The average Bonchev–Trinajstić information content (AvgIpc) is 3.23. The Morgan fingerprint density at radius 3 is 2.85 bits per heavy atom. The summed E-state index contributed by atoms with van der Waals surface area (Å²) in [5, 5.41) is 8.83. The summed E-state index contributed by atoms with van der Waals surface area (Å²) in [5.74, 6) is -0.112. The van der Waals surface area contributed by atoms with Gasteiger partial charge in [-0.15, -0.1) is 11.3 Å². The first-order chi connectivity index (χ1) is 12.3. The van der Waals surface area contributed by atoms with Crippen LogP contribution in [0.15, 0.2) is 30.3 Å². The van der Waals surface area contributed by atoms with Gasteiger partial charge in [-0.05, 0) is 31.5 Å². The number of amides is 1. The highest BCUT2D eigenvalue weighted by Crippen LogP contribution is 2.32. The summed E-state index contributed by atoms with van der Waals surface area (Å²) in [6.45, 7) is 1.88. The van der Waals surface area contributed by atoms with Crippen LogP contribution in [0, 0.1) is 6.92 Å². The molecule has 1 atom stereocenters. The number of hydrogen-bond donors (Lipinski definition) is 1. The number of benzene rings is 1. The molecule has 1 amide bonds. The summed E-state index contributed by atoms with van der Waals surface area (Å²) in [7, 11) is -3.03. The van der Waals surface area contributed by atoms with E-state index in [0.717, 1.165) is 21.6 Å². The number of hydrogen-bond acceptors (Lipinski definition) is 5. The zero-order chi connectivity index (χ0) is 18.5. The molecular weight excluding hydrogens is 394 g/mol. The largest absolute Gasteiger partial charge is 0.348 e. The minimum atomic E-state index is -3.03. The Bertz CT molecular complexity index is 1120. The topological polar surface area (TPSA) is 81.1 Å². The number of nitrogens with zero attached hydrogens (tertiary/aromatic N) is 2. The van der Waals surface area contributed by atoms with Crippen LogP contribution < -0.4 is 5.32 Å². The predicted molar refractivity (Wildman–Crippen MR) is 103 cm³/mol. The number of nitrogens with one attached hydrogen (secondary N) is 1. The van der Waals surface area contributed by atoms with E-state index in [0.29, 0.717) is 16.3 Å². The number of aryl methyl sites for hydroxylation is 1. The summed E-state index contributed by atoms with van der Waals surface area (Å²) >= 11 is 7.61. The van der Waals surface area contributed by atoms with E-state index in [4.69, 9.17) is 11.6 Å². The van der Waals surface area contributed by atoms with Crippen LogP contribution >= 0.6 is 22.9 Å². The highest BCUT2D eigenvalue weighted by molar-refractivity contribution is 7.91. The molecule has 4 rings (SSSR count). The molecule has 0 spiro atoms. The molecule has 136 valence electrons. The Balaban J connectivity index is 1.67. The fraction of sp³-hybridized carbons (Fsp3) is 0.294. The van der Waals surface area contributed by atoms with Crippen molar-refractivity contribution in [2.24, 2.45) is 0 Å². The zero-order valence-corrected chi connectivity index (χ0v) is 16.3. The predicted octanol–water partition coefficient (Wildman–Crippen LogP) is 2.97. The van der Waals surface area contributed by atoms with Crippen LogP contribution in [0.5, 0.6) is 0 Å². The summed E-state index contributed by atoms with van der Waals surface area (Å²) < 4.78 is 24.9. The highest BCUT2D eigenvalue weighted by atomic mass is 35.5. The molecule has 3 heterocycles.